The highest BCUT2D eigenvalue weighted by molar-refractivity contribution is 9.10. The van der Waals surface area contributed by atoms with E-state index in [-0.39, 0.29) is 17.6 Å². The fourth-order valence-corrected chi connectivity index (χ4v) is 2.27. The van der Waals surface area contributed by atoms with E-state index in [1.165, 1.54) is 6.07 Å². The van der Waals surface area contributed by atoms with Crippen molar-refractivity contribution in [3.05, 3.63) is 28.2 Å². The zero-order valence-electron chi connectivity index (χ0n) is 9.85. The Hall–Kier alpha value is -1.08. The normalized spacial score (nSPS) is 19.5. The molecule has 1 saturated heterocycles. The molecular formula is C12H12BrF3N2O. The van der Waals surface area contributed by atoms with Crippen LogP contribution in [0.15, 0.2) is 22.7 Å². The minimum absolute atomic E-state index is 0.133. The van der Waals surface area contributed by atoms with Crippen molar-refractivity contribution in [3.63, 3.8) is 0 Å². The summed E-state index contributed by atoms with van der Waals surface area (Å²) in [5.74, 6) is -0.308. The number of benzene rings is 1. The average molecular weight is 337 g/mol. The van der Waals surface area contributed by atoms with Crippen molar-refractivity contribution in [2.75, 3.05) is 11.9 Å². The van der Waals surface area contributed by atoms with E-state index in [0.29, 0.717) is 10.9 Å². The number of halogens is 4. The quantitative estimate of drug-likeness (QED) is 0.871. The van der Waals surface area contributed by atoms with Crippen LogP contribution in [0.2, 0.25) is 0 Å². The van der Waals surface area contributed by atoms with Crippen molar-refractivity contribution >= 4 is 27.5 Å². The zero-order chi connectivity index (χ0) is 14.0. The van der Waals surface area contributed by atoms with Crippen LogP contribution in [-0.4, -0.2) is 18.5 Å². The van der Waals surface area contributed by atoms with Crippen LogP contribution in [-0.2, 0) is 11.0 Å². The van der Waals surface area contributed by atoms with E-state index in [1.54, 1.807) is 0 Å². The van der Waals surface area contributed by atoms with Crippen LogP contribution in [0.5, 0.6) is 0 Å². The first-order chi connectivity index (χ1) is 8.88. The van der Waals surface area contributed by atoms with Crippen molar-refractivity contribution in [1.82, 2.24) is 5.32 Å². The molecule has 1 fully saturated rings. The van der Waals surface area contributed by atoms with Crippen molar-refractivity contribution in [2.45, 2.75) is 25.1 Å². The summed E-state index contributed by atoms with van der Waals surface area (Å²) in [5, 5.41) is 5.51. The number of alkyl halides is 3. The topological polar surface area (TPSA) is 41.1 Å². The summed E-state index contributed by atoms with van der Waals surface area (Å²) in [7, 11) is 0. The molecule has 19 heavy (non-hydrogen) atoms. The molecule has 1 aromatic carbocycles. The predicted molar refractivity (Wildman–Crippen MR) is 68.8 cm³/mol. The van der Waals surface area contributed by atoms with E-state index in [1.807, 2.05) is 0 Å². The summed E-state index contributed by atoms with van der Waals surface area (Å²) in [6.07, 6.45) is -2.84. The van der Waals surface area contributed by atoms with Crippen LogP contribution in [0, 0.1) is 0 Å². The molecule has 0 saturated carbocycles. The molecule has 0 aliphatic carbocycles. The molecule has 0 radical (unpaired) electrons. The number of carbonyl (C=O) groups excluding carboxylic acids is 1. The smallest absolute Gasteiger partial charge is 0.324 e. The summed E-state index contributed by atoms with van der Waals surface area (Å²) in [5.41, 5.74) is -0.654. The second-order valence-electron chi connectivity index (χ2n) is 4.33. The Kier molecular flexibility index (Phi) is 4.15. The highest BCUT2D eigenvalue weighted by Crippen LogP contribution is 2.34. The number of hydrogen-bond acceptors (Lipinski definition) is 2. The Bertz CT molecular complexity index is 484. The Morgan fingerprint density at radius 3 is 2.74 bits per heavy atom. The molecule has 7 heteroatoms. The lowest BCUT2D eigenvalue weighted by atomic mass is 10.1. The Labute approximate surface area is 116 Å². The van der Waals surface area contributed by atoms with Gasteiger partial charge in [-0.05, 0) is 53.5 Å². The van der Waals surface area contributed by atoms with Gasteiger partial charge < -0.3 is 10.6 Å². The molecule has 2 N–H and O–H groups in total. The van der Waals surface area contributed by atoms with Crippen LogP contribution in [0.1, 0.15) is 18.4 Å². The van der Waals surface area contributed by atoms with E-state index < -0.39 is 11.7 Å². The Morgan fingerprint density at radius 2 is 2.16 bits per heavy atom. The van der Waals surface area contributed by atoms with Gasteiger partial charge in [-0.15, -0.1) is 0 Å². The van der Waals surface area contributed by atoms with Gasteiger partial charge in [0.05, 0.1) is 17.3 Å². The molecule has 0 unspecified atom stereocenters. The molecule has 1 aromatic rings. The van der Waals surface area contributed by atoms with Gasteiger partial charge in [0.1, 0.15) is 0 Å². The van der Waals surface area contributed by atoms with Gasteiger partial charge in [-0.25, -0.2) is 0 Å². The maximum atomic E-state index is 12.6. The minimum Gasteiger partial charge on any atom is -0.324 e. The molecule has 0 spiro atoms. The van der Waals surface area contributed by atoms with Gasteiger partial charge in [0.25, 0.3) is 0 Å². The molecule has 3 nitrogen and oxygen atoms in total. The average Bonchev–Trinajstić information content (AvgIpc) is 2.84. The third-order valence-corrected chi connectivity index (χ3v) is 3.62. The molecule has 1 atom stereocenters. The van der Waals surface area contributed by atoms with Gasteiger partial charge in [-0.1, -0.05) is 0 Å². The Morgan fingerprint density at radius 1 is 1.42 bits per heavy atom. The predicted octanol–water partition coefficient (Wildman–Crippen LogP) is 3.16. The van der Waals surface area contributed by atoms with Crippen LogP contribution in [0.4, 0.5) is 18.9 Å². The van der Waals surface area contributed by atoms with Gasteiger partial charge in [-0.2, -0.15) is 13.2 Å². The second-order valence-corrected chi connectivity index (χ2v) is 5.18. The molecular weight excluding hydrogens is 325 g/mol. The minimum atomic E-state index is -4.42. The molecule has 1 amide bonds. The maximum Gasteiger partial charge on any atom is 0.416 e. The van der Waals surface area contributed by atoms with E-state index in [9.17, 15) is 18.0 Å². The molecule has 1 aliphatic heterocycles. The summed E-state index contributed by atoms with van der Waals surface area (Å²) in [4.78, 5) is 11.9. The zero-order valence-corrected chi connectivity index (χ0v) is 11.4. The van der Waals surface area contributed by atoms with Crippen molar-refractivity contribution in [1.29, 1.82) is 0 Å². The first kappa shape index (κ1) is 14.3. The summed E-state index contributed by atoms with van der Waals surface area (Å²) < 4.78 is 38.2. The van der Waals surface area contributed by atoms with Crippen molar-refractivity contribution < 1.29 is 18.0 Å². The lowest BCUT2D eigenvalue weighted by Crippen LogP contribution is -2.35. The van der Waals surface area contributed by atoms with Crippen LogP contribution >= 0.6 is 15.9 Å². The largest absolute Gasteiger partial charge is 0.416 e. The first-order valence-corrected chi connectivity index (χ1v) is 6.58. The van der Waals surface area contributed by atoms with E-state index in [4.69, 9.17) is 0 Å². The molecule has 1 aliphatic rings. The third-order valence-electron chi connectivity index (χ3n) is 2.93. The molecule has 1 heterocycles. The van der Waals surface area contributed by atoms with Gasteiger partial charge >= 0.3 is 6.18 Å². The van der Waals surface area contributed by atoms with Crippen LogP contribution in [0.3, 0.4) is 0 Å². The van der Waals surface area contributed by atoms with Crippen molar-refractivity contribution in [2.24, 2.45) is 0 Å². The van der Waals surface area contributed by atoms with Crippen LogP contribution < -0.4 is 10.6 Å². The highest BCUT2D eigenvalue weighted by atomic mass is 79.9. The molecule has 2 rings (SSSR count). The monoisotopic (exact) mass is 336 g/mol. The summed E-state index contributed by atoms with van der Waals surface area (Å²) in [6, 6.07) is 2.84. The van der Waals surface area contributed by atoms with E-state index in [2.05, 4.69) is 26.6 Å². The second kappa shape index (κ2) is 5.50. The number of rotatable bonds is 2. The lowest BCUT2D eigenvalue weighted by molar-refractivity contribution is -0.137. The van der Waals surface area contributed by atoms with E-state index >= 15 is 0 Å². The summed E-state index contributed by atoms with van der Waals surface area (Å²) in [6.45, 7) is 0.752. The highest BCUT2D eigenvalue weighted by Gasteiger charge is 2.31. The number of amides is 1. The lowest BCUT2D eigenvalue weighted by Gasteiger charge is -2.14. The Balaban J connectivity index is 2.17. The van der Waals surface area contributed by atoms with Crippen LogP contribution in [0.25, 0.3) is 0 Å². The standard InChI is InChI=1S/C12H12BrF3N2O/c13-8-4-3-7(12(14,15)16)6-10(8)18-11(19)9-2-1-5-17-9/h3-4,6,9,17H,1-2,5H2,(H,18,19)/t9-/m0/s1. The fraction of sp³-hybridized carbons (Fsp3) is 0.417. The third kappa shape index (κ3) is 3.48. The maximum absolute atomic E-state index is 12.6. The number of nitrogens with one attached hydrogen (secondary N) is 2. The van der Waals surface area contributed by atoms with Crippen molar-refractivity contribution in [3.8, 4) is 0 Å². The van der Waals surface area contributed by atoms with Gasteiger partial charge in [-0.3, -0.25) is 4.79 Å². The van der Waals surface area contributed by atoms with Gasteiger partial charge in [0.15, 0.2) is 0 Å². The van der Waals surface area contributed by atoms with E-state index in [0.717, 1.165) is 25.1 Å². The molecule has 104 valence electrons. The number of anilines is 1. The van der Waals surface area contributed by atoms with Gasteiger partial charge in [0, 0.05) is 4.47 Å². The first-order valence-electron chi connectivity index (χ1n) is 5.79. The summed E-state index contributed by atoms with van der Waals surface area (Å²) >= 11 is 3.13. The van der Waals surface area contributed by atoms with Gasteiger partial charge in [0.2, 0.25) is 5.91 Å². The molecule has 0 aromatic heterocycles. The molecule has 0 bridgehead atoms. The number of carbonyl (C=O) groups is 1. The SMILES string of the molecule is O=C(Nc1cc(C(F)(F)F)ccc1Br)[C@@H]1CCCN1. The number of hydrogen-bond donors (Lipinski definition) is 2. The fourth-order valence-electron chi connectivity index (χ4n) is 1.93.